The van der Waals surface area contributed by atoms with E-state index in [2.05, 4.69) is 37.3 Å². The molecule has 0 bridgehead atoms. The van der Waals surface area contributed by atoms with Gasteiger partial charge in [0.2, 0.25) is 0 Å². The third-order valence-corrected chi connectivity index (χ3v) is 4.63. The van der Waals surface area contributed by atoms with Crippen molar-refractivity contribution in [3.63, 3.8) is 0 Å². The Bertz CT molecular complexity index is 853. The second-order valence-electron chi connectivity index (χ2n) is 6.24. The van der Waals surface area contributed by atoms with Gasteiger partial charge in [-0.15, -0.1) is 0 Å². The van der Waals surface area contributed by atoms with Crippen LogP contribution in [0.15, 0.2) is 71.3 Å². The fourth-order valence-electron chi connectivity index (χ4n) is 3.51. The zero-order valence-corrected chi connectivity index (χ0v) is 13.6. The second kappa shape index (κ2) is 6.00. The summed E-state index contributed by atoms with van der Waals surface area (Å²) in [7, 11) is 0. The number of carbonyl (C=O) groups is 1. The van der Waals surface area contributed by atoms with Crippen molar-refractivity contribution >= 4 is 5.91 Å². The molecule has 3 aromatic rings. The minimum Gasteiger partial charge on any atom is -0.459 e. The smallest absolute Gasteiger partial charge is 0.290 e. The highest BCUT2D eigenvalue weighted by atomic mass is 16.3. The molecule has 1 amide bonds. The lowest BCUT2D eigenvalue weighted by Crippen LogP contribution is -2.40. The van der Waals surface area contributed by atoms with Crippen molar-refractivity contribution in [3.05, 3.63) is 94.9 Å². The molecule has 24 heavy (non-hydrogen) atoms. The third kappa shape index (κ3) is 2.52. The van der Waals surface area contributed by atoms with Crippen molar-refractivity contribution in [1.82, 2.24) is 4.90 Å². The molecule has 1 aliphatic heterocycles. The summed E-state index contributed by atoms with van der Waals surface area (Å²) < 4.78 is 5.35. The topological polar surface area (TPSA) is 33.5 Å². The van der Waals surface area contributed by atoms with Crippen LogP contribution < -0.4 is 0 Å². The summed E-state index contributed by atoms with van der Waals surface area (Å²) in [6.45, 7) is 2.80. The minimum absolute atomic E-state index is 0.0555. The number of benzene rings is 2. The Morgan fingerprint density at radius 3 is 2.67 bits per heavy atom. The molecule has 120 valence electrons. The standard InChI is InChI=1S/C21H19NO2/c1-15-9-10-18-17(14-15)11-12-22(21(23)19-8-5-13-24-19)20(18)16-6-3-2-4-7-16/h2-10,13-14,20H,11-12H2,1H3. The molecule has 0 spiro atoms. The van der Waals surface area contributed by atoms with Gasteiger partial charge in [-0.05, 0) is 42.2 Å². The number of carbonyl (C=O) groups excluding carboxylic acids is 1. The summed E-state index contributed by atoms with van der Waals surface area (Å²) in [6, 6.07) is 20.1. The van der Waals surface area contributed by atoms with Crippen molar-refractivity contribution in [3.8, 4) is 0 Å². The summed E-state index contributed by atoms with van der Waals surface area (Å²) in [5.74, 6) is 0.339. The van der Waals surface area contributed by atoms with Gasteiger partial charge >= 0.3 is 0 Å². The van der Waals surface area contributed by atoms with Crippen LogP contribution in [0.3, 0.4) is 0 Å². The van der Waals surface area contributed by atoms with Gasteiger partial charge in [0.25, 0.3) is 5.91 Å². The molecule has 0 saturated carbocycles. The quantitative estimate of drug-likeness (QED) is 0.703. The Balaban J connectivity index is 1.82. The molecule has 2 aromatic carbocycles. The summed E-state index contributed by atoms with van der Waals surface area (Å²) in [6.07, 6.45) is 2.42. The van der Waals surface area contributed by atoms with E-state index in [4.69, 9.17) is 4.42 Å². The van der Waals surface area contributed by atoms with Gasteiger partial charge < -0.3 is 9.32 Å². The highest BCUT2D eigenvalue weighted by Gasteiger charge is 2.33. The zero-order chi connectivity index (χ0) is 16.5. The molecule has 1 aliphatic rings. The SMILES string of the molecule is Cc1ccc2c(c1)CCN(C(=O)c1ccco1)C2c1ccccc1. The number of hydrogen-bond donors (Lipinski definition) is 0. The molecule has 2 heterocycles. The highest BCUT2D eigenvalue weighted by molar-refractivity contribution is 5.92. The van der Waals surface area contributed by atoms with Gasteiger partial charge in [-0.2, -0.15) is 0 Å². The zero-order valence-electron chi connectivity index (χ0n) is 13.6. The van der Waals surface area contributed by atoms with Crippen LogP contribution in [0.25, 0.3) is 0 Å². The maximum atomic E-state index is 13.0. The van der Waals surface area contributed by atoms with E-state index >= 15 is 0 Å². The molecular weight excluding hydrogens is 298 g/mol. The molecule has 0 fully saturated rings. The molecule has 4 rings (SSSR count). The Morgan fingerprint density at radius 2 is 1.92 bits per heavy atom. The predicted molar refractivity (Wildman–Crippen MR) is 92.9 cm³/mol. The van der Waals surface area contributed by atoms with Crippen molar-refractivity contribution in [2.75, 3.05) is 6.54 Å². The largest absolute Gasteiger partial charge is 0.459 e. The number of amides is 1. The predicted octanol–water partition coefficient (Wildman–Crippen LogP) is 4.38. The number of hydrogen-bond acceptors (Lipinski definition) is 2. The Morgan fingerprint density at radius 1 is 1.08 bits per heavy atom. The first-order valence-corrected chi connectivity index (χ1v) is 8.23. The van der Waals surface area contributed by atoms with Gasteiger partial charge in [-0.1, -0.05) is 54.1 Å². The Labute approximate surface area is 141 Å². The number of nitrogens with zero attached hydrogens (tertiary/aromatic N) is 1. The molecule has 0 saturated heterocycles. The molecule has 1 atom stereocenters. The summed E-state index contributed by atoms with van der Waals surface area (Å²) in [4.78, 5) is 14.9. The molecule has 3 heteroatoms. The van der Waals surface area contributed by atoms with E-state index in [1.165, 1.54) is 16.7 Å². The number of furan rings is 1. The lowest BCUT2D eigenvalue weighted by Gasteiger charge is -2.37. The van der Waals surface area contributed by atoms with Crippen LogP contribution in [0.4, 0.5) is 0 Å². The third-order valence-electron chi connectivity index (χ3n) is 4.63. The average Bonchev–Trinajstić information content (AvgIpc) is 3.15. The number of aryl methyl sites for hydroxylation is 1. The van der Waals surface area contributed by atoms with E-state index in [0.29, 0.717) is 12.3 Å². The molecule has 3 nitrogen and oxygen atoms in total. The van der Waals surface area contributed by atoms with Gasteiger partial charge in [0.05, 0.1) is 12.3 Å². The van der Waals surface area contributed by atoms with Gasteiger partial charge in [0, 0.05) is 6.54 Å². The van der Waals surface area contributed by atoms with Crippen LogP contribution in [-0.2, 0) is 6.42 Å². The molecule has 1 aromatic heterocycles. The summed E-state index contributed by atoms with van der Waals surface area (Å²) >= 11 is 0. The first-order chi connectivity index (χ1) is 11.7. The van der Waals surface area contributed by atoms with Crippen LogP contribution in [0.2, 0.25) is 0 Å². The van der Waals surface area contributed by atoms with Gasteiger partial charge in [0.15, 0.2) is 5.76 Å². The maximum Gasteiger partial charge on any atom is 0.290 e. The summed E-state index contributed by atoms with van der Waals surface area (Å²) in [5, 5.41) is 0. The number of fused-ring (bicyclic) bond motifs is 1. The molecule has 0 N–H and O–H groups in total. The average molecular weight is 317 g/mol. The van der Waals surface area contributed by atoms with E-state index in [-0.39, 0.29) is 11.9 Å². The monoisotopic (exact) mass is 317 g/mol. The van der Waals surface area contributed by atoms with E-state index in [9.17, 15) is 4.79 Å². The summed E-state index contributed by atoms with van der Waals surface area (Å²) in [5.41, 5.74) is 4.92. The van der Waals surface area contributed by atoms with Crippen molar-refractivity contribution in [2.24, 2.45) is 0 Å². The van der Waals surface area contributed by atoms with E-state index < -0.39 is 0 Å². The molecule has 0 aliphatic carbocycles. The fourth-order valence-corrected chi connectivity index (χ4v) is 3.51. The Hall–Kier alpha value is -2.81. The second-order valence-corrected chi connectivity index (χ2v) is 6.24. The van der Waals surface area contributed by atoms with Crippen molar-refractivity contribution in [1.29, 1.82) is 0 Å². The van der Waals surface area contributed by atoms with Crippen LogP contribution in [0.5, 0.6) is 0 Å². The van der Waals surface area contributed by atoms with Crippen molar-refractivity contribution < 1.29 is 9.21 Å². The van der Waals surface area contributed by atoms with E-state index in [1.54, 1.807) is 18.4 Å². The maximum absolute atomic E-state index is 13.0. The molecular formula is C21H19NO2. The van der Waals surface area contributed by atoms with Gasteiger partial charge in [0.1, 0.15) is 0 Å². The van der Waals surface area contributed by atoms with Crippen LogP contribution in [-0.4, -0.2) is 17.4 Å². The van der Waals surface area contributed by atoms with Crippen LogP contribution >= 0.6 is 0 Å². The van der Waals surface area contributed by atoms with E-state index in [1.807, 2.05) is 23.1 Å². The minimum atomic E-state index is -0.0758. The van der Waals surface area contributed by atoms with Crippen molar-refractivity contribution in [2.45, 2.75) is 19.4 Å². The fraction of sp³-hybridized carbons (Fsp3) is 0.190. The lowest BCUT2D eigenvalue weighted by molar-refractivity contribution is 0.0662. The first-order valence-electron chi connectivity index (χ1n) is 8.23. The van der Waals surface area contributed by atoms with Crippen LogP contribution in [0, 0.1) is 6.92 Å². The lowest BCUT2D eigenvalue weighted by atomic mass is 9.87. The van der Waals surface area contributed by atoms with Gasteiger partial charge in [-0.25, -0.2) is 0 Å². The highest BCUT2D eigenvalue weighted by Crippen LogP contribution is 2.36. The van der Waals surface area contributed by atoms with Crippen LogP contribution in [0.1, 0.15) is 38.9 Å². The van der Waals surface area contributed by atoms with Gasteiger partial charge in [-0.3, -0.25) is 4.79 Å². The van der Waals surface area contributed by atoms with E-state index in [0.717, 1.165) is 12.0 Å². The Kier molecular flexibility index (Phi) is 3.69. The molecule has 0 radical (unpaired) electrons. The number of rotatable bonds is 2. The normalized spacial score (nSPS) is 16.7. The molecule has 1 unspecified atom stereocenters. The first kappa shape index (κ1) is 14.8.